The number of nitrogens with one attached hydrogen (secondary N) is 1. The Bertz CT molecular complexity index is 389. The Labute approximate surface area is 126 Å². The molecular weight excluding hydrogens is 268 g/mol. The highest BCUT2D eigenvalue weighted by Crippen LogP contribution is 2.21. The first-order valence-corrected chi connectivity index (χ1v) is 8.29. The molecule has 6 nitrogen and oxygen atoms in total. The highest BCUT2D eigenvalue weighted by Gasteiger charge is 2.33. The van der Waals surface area contributed by atoms with Gasteiger partial charge in [0.15, 0.2) is 0 Å². The van der Waals surface area contributed by atoms with Gasteiger partial charge in [0.1, 0.15) is 0 Å². The van der Waals surface area contributed by atoms with Gasteiger partial charge in [-0.25, -0.2) is 4.79 Å². The summed E-state index contributed by atoms with van der Waals surface area (Å²) in [6.07, 6.45) is 4.10. The zero-order chi connectivity index (χ0) is 14.7. The molecule has 1 N–H and O–H groups in total. The number of piperidine rings is 1. The normalized spacial score (nSPS) is 27.0. The second kappa shape index (κ2) is 6.64. The van der Waals surface area contributed by atoms with Crippen LogP contribution in [-0.4, -0.2) is 79.0 Å². The van der Waals surface area contributed by atoms with Crippen molar-refractivity contribution in [1.29, 1.82) is 0 Å². The Kier molecular flexibility index (Phi) is 4.63. The van der Waals surface area contributed by atoms with Crippen molar-refractivity contribution in [3.8, 4) is 0 Å². The van der Waals surface area contributed by atoms with Gasteiger partial charge in [-0.3, -0.25) is 4.79 Å². The van der Waals surface area contributed by atoms with Crippen LogP contribution in [0.4, 0.5) is 4.79 Å². The van der Waals surface area contributed by atoms with Crippen molar-refractivity contribution >= 4 is 11.9 Å². The van der Waals surface area contributed by atoms with Crippen molar-refractivity contribution in [2.75, 3.05) is 52.4 Å². The molecule has 3 rings (SSSR count). The summed E-state index contributed by atoms with van der Waals surface area (Å²) < 4.78 is 0. The van der Waals surface area contributed by atoms with E-state index in [2.05, 4.69) is 5.32 Å². The highest BCUT2D eigenvalue weighted by atomic mass is 16.2. The number of carbonyl (C=O) groups excluding carboxylic acids is 2. The predicted octanol–water partition coefficient (Wildman–Crippen LogP) is 0.346. The van der Waals surface area contributed by atoms with Crippen molar-refractivity contribution in [3.63, 3.8) is 0 Å². The monoisotopic (exact) mass is 294 g/mol. The summed E-state index contributed by atoms with van der Waals surface area (Å²) in [7, 11) is 0. The maximum Gasteiger partial charge on any atom is 0.320 e. The minimum atomic E-state index is 0.00315. The quantitative estimate of drug-likeness (QED) is 0.759. The van der Waals surface area contributed by atoms with E-state index in [1.165, 1.54) is 0 Å². The van der Waals surface area contributed by atoms with Crippen LogP contribution in [0.2, 0.25) is 0 Å². The number of piperazine rings is 1. The number of likely N-dealkylation sites (tertiary alicyclic amines) is 2. The van der Waals surface area contributed by atoms with Crippen LogP contribution in [0.15, 0.2) is 0 Å². The Morgan fingerprint density at radius 1 is 0.810 bits per heavy atom. The Morgan fingerprint density at radius 3 is 2.19 bits per heavy atom. The minimum absolute atomic E-state index is 0.00315. The summed E-state index contributed by atoms with van der Waals surface area (Å²) in [5, 5.41) is 3.27. The van der Waals surface area contributed by atoms with Gasteiger partial charge in [0.2, 0.25) is 5.91 Å². The maximum absolute atomic E-state index is 12.6. The topological polar surface area (TPSA) is 55.9 Å². The van der Waals surface area contributed by atoms with Gasteiger partial charge in [0.25, 0.3) is 0 Å². The molecule has 1 unspecified atom stereocenters. The molecule has 3 amide bonds. The Hall–Kier alpha value is -1.30. The standard InChI is InChI=1S/C15H26N4O2/c20-14(17-10-5-16-6-11-17)13-4-3-9-19(12-13)15(21)18-7-1-2-8-18/h13,16H,1-12H2. The van der Waals surface area contributed by atoms with Crippen LogP contribution >= 0.6 is 0 Å². The van der Waals surface area contributed by atoms with E-state index in [9.17, 15) is 9.59 Å². The van der Waals surface area contributed by atoms with Crippen LogP contribution < -0.4 is 5.32 Å². The van der Waals surface area contributed by atoms with Gasteiger partial charge in [-0.05, 0) is 25.7 Å². The zero-order valence-electron chi connectivity index (χ0n) is 12.7. The fraction of sp³-hybridized carbons (Fsp3) is 0.867. The largest absolute Gasteiger partial charge is 0.340 e. The number of hydrogen-bond donors (Lipinski definition) is 1. The molecule has 0 radical (unpaired) electrons. The predicted molar refractivity (Wildman–Crippen MR) is 79.9 cm³/mol. The van der Waals surface area contributed by atoms with Crippen molar-refractivity contribution in [3.05, 3.63) is 0 Å². The van der Waals surface area contributed by atoms with Gasteiger partial charge >= 0.3 is 6.03 Å². The fourth-order valence-corrected chi connectivity index (χ4v) is 3.60. The third-order valence-electron chi connectivity index (χ3n) is 4.85. The number of hydrogen-bond acceptors (Lipinski definition) is 3. The Morgan fingerprint density at radius 2 is 1.48 bits per heavy atom. The van der Waals surface area contributed by atoms with Crippen molar-refractivity contribution in [2.45, 2.75) is 25.7 Å². The van der Waals surface area contributed by atoms with Gasteiger partial charge in [-0.1, -0.05) is 0 Å². The molecule has 3 aliphatic heterocycles. The molecule has 3 heterocycles. The third-order valence-corrected chi connectivity index (χ3v) is 4.85. The van der Waals surface area contributed by atoms with E-state index in [4.69, 9.17) is 0 Å². The van der Waals surface area contributed by atoms with E-state index >= 15 is 0 Å². The lowest BCUT2D eigenvalue weighted by Crippen LogP contribution is -2.53. The molecular formula is C15H26N4O2. The second-order valence-corrected chi connectivity index (χ2v) is 6.34. The number of urea groups is 1. The van der Waals surface area contributed by atoms with E-state index in [0.717, 1.165) is 71.5 Å². The first kappa shape index (κ1) is 14.6. The summed E-state index contributed by atoms with van der Waals surface area (Å²) >= 11 is 0. The summed E-state index contributed by atoms with van der Waals surface area (Å²) in [4.78, 5) is 30.9. The molecule has 0 bridgehead atoms. The molecule has 3 saturated heterocycles. The van der Waals surface area contributed by atoms with Gasteiger partial charge in [0.05, 0.1) is 5.92 Å². The van der Waals surface area contributed by atoms with Crippen LogP contribution in [0.3, 0.4) is 0 Å². The van der Waals surface area contributed by atoms with E-state index < -0.39 is 0 Å². The molecule has 21 heavy (non-hydrogen) atoms. The molecule has 1 atom stereocenters. The zero-order valence-corrected chi connectivity index (χ0v) is 12.7. The van der Waals surface area contributed by atoms with E-state index in [1.54, 1.807) is 0 Å². The molecule has 0 spiro atoms. The average molecular weight is 294 g/mol. The molecule has 0 aliphatic carbocycles. The maximum atomic E-state index is 12.6. The minimum Gasteiger partial charge on any atom is -0.340 e. The highest BCUT2D eigenvalue weighted by molar-refractivity contribution is 5.81. The Balaban J connectivity index is 1.57. The van der Waals surface area contributed by atoms with Crippen LogP contribution in [0.25, 0.3) is 0 Å². The van der Waals surface area contributed by atoms with Crippen LogP contribution in [0, 0.1) is 5.92 Å². The SMILES string of the molecule is O=C(C1CCCN(C(=O)N2CCCC2)C1)N1CCNCC1. The van der Waals surface area contributed by atoms with Gasteiger partial charge in [0, 0.05) is 52.4 Å². The number of carbonyl (C=O) groups is 2. The summed E-state index contributed by atoms with van der Waals surface area (Å²) in [6, 6.07) is 0.144. The second-order valence-electron chi connectivity index (χ2n) is 6.34. The smallest absolute Gasteiger partial charge is 0.320 e. The molecule has 0 aromatic heterocycles. The molecule has 0 aromatic carbocycles. The fourth-order valence-electron chi connectivity index (χ4n) is 3.60. The van der Waals surface area contributed by atoms with Crippen LogP contribution in [0.5, 0.6) is 0 Å². The lowest BCUT2D eigenvalue weighted by atomic mass is 9.96. The molecule has 3 fully saturated rings. The van der Waals surface area contributed by atoms with Crippen molar-refractivity contribution < 1.29 is 9.59 Å². The lowest BCUT2D eigenvalue weighted by molar-refractivity contribution is -0.137. The molecule has 6 heteroatoms. The van der Waals surface area contributed by atoms with E-state index in [-0.39, 0.29) is 17.9 Å². The lowest BCUT2D eigenvalue weighted by Gasteiger charge is -2.37. The molecule has 3 aliphatic rings. The van der Waals surface area contributed by atoms with Crippen LogP contribution in [0.1, 0.15) is 25.7 Å². The molecule has 118 valence electrons. The van der Waals surface area contributed by atoms with E-state index in [0.29, 0.717) is 6.54 Å². The molecule has 0 saturated carbocycles. The van der Waals surface area contributed by atoms with Gasteiger partial charge in [-0.2, -0.15) is 0 Å². The van der Waals surface area contributed by atoms with Crippen molar-refractivity contribution in [2.24, 2.45) is 5.92 Å². The van der Waals surface area contributed by atoms with Gasteiger partial charge < -0.3 is 20.0 Å². The van der Waals surface area contributed by atoms with Crippen molar-refractivity contribution in [1.82, 2.24) is 20.0 Å². The summed E-state index contributed by atoms with van der Waals surface area (Å²) in [5.74, 6) is 0.249. The summed E-state index contributed by atoms with van der Waals surface area (Å²) in [6.45, 7) is 6.55. The van der Waals surface area contributed by atoms with Gasteiger partial charge in [-0.15, -0.1) is 0 Å². The first-order valence-electron chi connectivity index (χ1n) is 8.29. The average Bonchev–Trinajstić information content (AvgIpc) is 3.09. The third kappa shape index (κ3) is 3.31. The molecule has 0 aromatic rings. The first-order chi connectivity index (χ1) is 10.3. The summed E-state index contributed by atoms with van der Waals surface area (Å²) in [5.41, 5.74) is 0. The van der Waals surface area contributed by atoms with Crippen LogP contribution in [-0.2, 0) is 4.79 Å². The number of amides is 3. The number of rotatable bonds is 1. The van der Waals surface area contributed by atoms with E-state index in [1.807, 2.05) is 14.7 Å². The number of nitrogens with zero attached hydrogens (tertiary/aromatic N) is 3.